The molecular weight excluding hydrogens is 326 g/mol. The smallest absolute Gasteiger partial charge is 0.341 e. The molecule has 0 unspecified atom stereocenters. The number of carbonyl (C=O) groups excluding carboxylic acids is 2. The lowest BCUT2D eigenvalue weighted by Crippen LogP contribution is -2.21. The highest BCUT2D eigenvalue weighted by atomic mass is 35.5. The second-order valence-electron chi connectivity index (χ2n) is 4.27. The fourth-order valence-corrected chi connectivity index (χ4v) is 1.81. The summed E-state index contributed by atoms with van der Waals surface area (Å²) in [4.78, 5) is 37.1. The zero-order chi connectivity index (χ0) is 16.8. The third kappa shape index (κ3) is 4.48. The lowest BCUT2D eigenvalue weighted by molar-refractivity contribution is -0.384. The highest BCUT2D eigenvalue weighted by Crippen LogP contribution is 2.15. The van der Waals surface area contributed by atoms with Crippen molar-refractivity contribution in [1.29, 1.82) is 0 Å². The maximum Gasteiger partial charge on any atom is 0.341 e. The van der Waals surface area contributed by atoms with Crippen molar-refractivity contribution in [2.45, 2.75) is 0 Å². The average Bonchev–Trinajstić information content (AvgIpc) is 2.53. The molecule has 1 N–H and O–H groups in total. The van der Waals surface area contributed by atoms with E-state index in [-0.39, 0.29) is 16.4 Å². The van der Waals surface area contributed by atoms with E-state index in [9.17, 15) is 19.7 Å². The van der Waals surface area contributed by atoms with Gasteiger partial charge in [-0.15, -0.1) is 0 Å². The predicted octanol–water partition coefficient (Wildman–Crippen LogP) is 2.44. The Kier molecular flexibility index (Phi) is 5.21. The van der Waals surface area contributed by atoms with E-state index >= 15 is 0 Å². The molecule has 0 radical (unpaired) electrons. The topological polar surface area (TPSA) is 111 Å². The van der Waals surface area contributed by atoms with E-state index in [1.54, 1.807) is 0 Å². The molecule has 2 aromatic rings. The summed E-state index contributed by atoms with van der Waals surface area (Å²) >= 11 is 5.74. The molecule has 118 valence electrons. The first kappa shape index (κ1) is 16.4. The number of pyridine rings is 1. The van der Waals surface area contributed by atoms with Gasteiger partial charge in [-0.1, -0.05) is 11.6 Å². The molecule has 1 aromatic carbocycles. The second kappa shape index (κ2) is 7.32. The van der Waals surface area contributed by atoms with E-state index in [1.165, 1.54) is 42.6 Å². The molecule has 9 heteroatoms. The number of non-ortho nitro benzene ring substituents is 1. The number of ether oxygens (including phenoxy) is 1. The minimum atomic E-state index is -0.776. The van der Waals surface area contributed by atoms with Crippen LogP contribution >= 0.6 is 11.6 Å². The Morgan fingerprint density at radius 3 is 2.57 bits per heavy atom. The zero-order valence-electron chi connectivity index (χ0n) is 11.6. The third-order valence-electron chi connectivity index (χ3n) is 2.68. The van der Waals surface area contributed by atoms with Crippen LogP contribution in [0.15, 0.2) is 42.6 Å². The van der Waals surface area contributed by atoms with Gasteiger partial charge in [-0.25, -0.2) is 9.78 Å². The van der Waals surface area contributed by atoms with Gasteiger partial charge in [-0.2, -0.15) is 0 Å². The number of hydrogen-bond acceptors (Lipinski definition) is 6. The summed E-state index contributed by atoms with van der Waals surface area (Å²) in [6, 6.07) is 8.17. The predicted molar refractivity (Wildman–Crippen MR) is 81.3 cm³/mol. The van der Waals surface area contributed by atoms with E-state index in [2.05, 4.69) is 10.3 Å². The molecular formula is C14H10ClN3O5. The molecule has 1 amide bonds. The lowest BCUT2D eigenvalue weighted by atomic mass is 10.3. The summed E-state index contributed by atoms with van der Waals surface area (Å²) in [7, 11) is 0. The van der Waals surface area contributed by atoms with Gasteiger partial charge in [-0.05, 0) is 24.3 Å². The molecule has 23 heavy (non-hydrogen) atoms. The molecule has 0 aliphatic carbocycles. The quantitative estimate of drug-likeness (QED) is 0.389. The number of anilines is 1. The van der Waals surface area contributed by atoms with Gasteiger partial charge in [0.1, 0.15) is 5.15 Å². The first-order valence-electron chi connectivity index (χ1n) is 6.29. The largest absolute Gasteiger partial charge is 0.452 e. The number of rotatable bonds is 5. The number of halogens is 1. The number of carbonyl (C=O) groups is 2. The van der Waals surface area contributed by atoms with E-state index < -0.39 is 23.4 Å². The van der Waals surface area contributed by atoms with Crippen LogP contribution in [0.4, 0.5) is 11.4 Å². The van der Waals surface area contributed by atoms with E-state index in [1.807, 2.05) is 0 Å². The average molecular weight is 336 g/mol. The number of nitro benzene ring substituents is 1. The minimum absolute atomic E-state index is 0.0201. The van der Waals surface area contributed by atoms with Gasteiger partial charge in [0.25, 0.3) is 11.6 Å². The SMILES string of the molecule is O=C(COC(=O)c1cccnc1Cl)Nc1ccc([N+](=O)[O-])cc1. The van der Waals surface area contributed by atoms with Crippen LogP contribution < -0.4 is 5.32 Å². The van der Waals surface area contributed by atoms with Crippen LogP contribution in [0.2, 0.25) is 5.15 Å². The third-order valence-corrected chi connectivity index (χ3v) is 2.98. The molecule has 1 heterocycles. The molecule has 0 fully saturated rings. The Morgan fingerprint density at radius 1 is 1.26 bits per heavy atom. The highest BCUT2D eigenvalue weighted by Gasteiger charge is 2.14. The number of nitrogens with one attached hydrogen (secondary N) is 1. The van der Waals surface area contributed by atoms with Crippen LogP contribution in [0.3, 0.4) is 0 Å². The fourth-order valence-electron chi connectivity index (χ4n) is 1.61. The van der Waals surface area contributed by atoms with Crippen LogP contribution in [-0.4, -0.2) is 28.4 Å². The standard InChI is InChI=1S/C14H10ClN3O5/c15-13-11(2-1-7-16-13)14(20)23-8-12(19)17-9-3-5-10(6-4-9)18(21)22/h1-7H,8H2,(H,17,19). The van der Waals surface area contributed by atoms with Gasteiger partial charge in [0.05, 0.1) is 10.5 Å². The maximum atomic E-state index is 11.7. The first-order valence-corrected chi connectivity index (χ1v) is 6.67. The summed E-state index contributed by atoms with van der Waals surface area (Å²) in [5, 5.41) is 12.9. The Balaban J connectivity index is 1.89. The molecule has 0 aliphatic heterocycles. The number of aromatic nitrogens is 1. The van der Waals surface area contributed by atoms with Gasteiger partial charge in [-0.3, -0.25) is 14.9 Å². The summed E-state index contributed by atoms with van der Waals surface area (Å²) in [5.41, 5.74) is 0.300. The maximum absolute atomic E-state index is 11.7. The van der Waals surface area contributed by atoms with Crippen molar-refractivity contribution in [3.05, 3.63) is 63.4 Å². The van der Waals surface area contributed by atoms with Gasteiger partial charge >= 0.3 is 5.97 Å². The Morgan fingerprint density at radius 2 is 1.96 bits per heavy atom. The molecule has 1 aromatic heterocycles. The van der Waals surface area contributed by atoms with Crippen LogP contribution in [0, 0.1) is 10.1 Å². The molecule has 0 saturated heterocycles. The number of esters is 1. The molecule has 0 aliphatic rings. The second-order valence-corrected chi connectivity index (χ2v) is 4.63. The van der Waals surface area contributed by atoms with E-state index in [4.69, 9.17) is 16.3 Å². The number of amides is 1. The molecule has 0 spiro atoms. The molecule has 0 atom stereocenters. The lowest BCUT2D eigenvalue weighted by Gasteiger charge is -2.07. The molecule has 2 rings (SSSR count). The van der Waals surface area contributed by atoms with Gasteiger partial charge in [0, 0.05) is 24.0 Å². The number of benzene rings is 1. The van der Waals surface area contributed by atoms with Gasteiger partial charge in [0.15, 0.2) is 6.61 Å². The Labute approximate surface area is 135 Å². The van der Waals surface area contributed by atoms with Crippen LogP contribution in [0.5, 0.6) is 0 Å². The summed E-state index contributed by atoms with van der Waals surface area (Å²) in [6.45, 7) is -0.527. The summed E-state index contributed by atoms with van der Waals surface area (Å²) in [6.07, 6.45) is 1.42. The van der Waals surface area contributed by atoms with Crippen molar-refractivity contribution in [3.63, 3.8) is 0 Å². The monoisotopic (exact) mass is 335 g/mol. The zero-order valence-corrected chi connectivity index (χ0v) is 12.3. The first-order chi connectivity index (χ1) is 11.0. The van der Waals surface area contributed by atoms with Gasteiger partial charge in [0.2, 0.25) is 0 Å². The normalized spacial score (nSPS) is 9.96. The molecule has 0 saturated carbocycles. The summed E-state index contributed by atoms with van der Waals surface area (Å²) < 4.78 is 4.82. The van der Waals surface area contributed by atoms with E-state index in [0.717, 1.165) is 0 Å². The Bertz CT molecular complexity index is 748. The fraction of sp³-hybridized carbons (Fsp3) is 0.0714. The van der Waals surface area contributed by atoms with Crippen LogP contribution in [0.25, 0.3) is 0 Å². The summed E-state index contributed by atoms with van der Waals surface area (Å²) in [5.74, 6) is -1.37. The van der Waals surface area contributed by atoms with Crippen molar-refractivity contribution < 1.29 is 19.2 Å². The Hall–Kier alpha value is -3.00. The molecule has 0 bridgehead atoms. The van der Waals surface area contributed by atoms with Crippen molar-refractivity contribution in [3.8, 4) is 0 Å². The van der Waals surface area contributed by atoms with Crippen LogP contribution in [0.1, 0.15) is 10.4 Å². The van der Waals surface area contributed by atoms with Crippen molar-refractivity contribution in [1.82, 2.24) is 4.98 Å². The number of nitrogens with zero attached hydrogens (tertiary/aromatic N) is 2. The van der Waals surface area contributed by atoms with Gasteiger partial charge < -0.3 is 10.1 Å². The molecule has 8 nitrogen and oxygen atoms in total. The number of hydrogen-bond donors (Lipinski definition) is 1. The van der Waals surface area contributed by atoms with Crippen molar-refractivity contribution >= 4 is 34.9 Å². The van der Waals surface area contributed by atoms with E-state index in [0.29, 0.717) is 5.69 Å². The van der Waals surface area contributed by atoms with Crippen molar-refractivity contribution in [2.75, 3.05) is 11.9 Å². The minimum Gasteiger partial charge on any atom is -0.452 e. The van der Waals surface area contributed by atoms with Crippen LogP contribution in [-0.2, 0) is 9.53 Å². The number of nitro groups is 1. The highest BCUT2D eigenvalue weighted by molar-refractivity contribution is 6.32. The van der Waals surface area contributed by atoms with Crippen molar-refractivity contribution in [2.24, 2.45) is 0 Å².